The molecule has 0 spiro atoms. The van der Waals surface area contributed by atoms with Gasteiger partial charge in [-0.25, -0.2) is 24.7 Å². The second-order valence-electron chi connectivity index (χ2n) is 12.4. The van der Waals surface area contributed by atoms with Crippen molar-refractivity contribution in [1.82, 2.24) is 30.6 Å². The van der Waals surface area contributed by atoms with Crippen LogP contribution in [0.4, 0.5) is 30.8 Å². The fourth-order valence-electron chi connectivity index (χ4n) is 5.84. The van der Waals surface area contributed by atoms with Gasteiger partial charge in [0.15, 0.2) is 0 Å². The zero-order chi connectivity index (χ0) is 37.3. The van der Waals surface area contributed by atoms with Gasteiger partial charge in [0.1, 0.15) is 11.6 Å². The van der Waals surface area contributed by atoms with E-state index in [-0.39, 0.29) is 17.4 Å². The summed E-state index contributed by atoms with van der Waals surface area (Å²) in [5, 5.41) is 25.7. The Bertz CT molecular complexity index is 1640. The number of alkyl halides is 3. The van der Waals surface area contributed by atoms with Crippen LogP contribution < -0.4 is 25.8 Å². The fourth-order valence-corrected chi connectivity index (χ4v) is 5.84. The minimum absolute atomic E-state index is 0.00388. The van der Waals surface area contributed by atoms with E-state index in [0.29, 0.717) is 81.8 Å². The predicted molar refractivity (Wildman–Crippen MR) is 187 cm³/mol. The number of benzene rings is 1. The van der Waals surface area contributed by atoms with Crippen LogP contribution in [0, 0.1) is 17.2 Å². The zero-order valence-electron chi connectivity index (χ0n) is 28.7. The molecule has 14 nitrogen and oxygen atoms in total. The molecule has 2 amide bonds. The Labute approximate surface area is 299 Å². The Balaban J connectivity index is 0.000000392. The molecular weight excluding hydrogens is 681 g/mol. The van der Waals surface area contributed by atoms with E-state index >= 15 is 0 Å². The highest BCUT2D eigenvalue weighted by atomic mass is 19.4. The van der Waals surface area contributed by atoms with Gasteiger partial charge in [0, 0.05) is 70.7 Å². The van der Waals surface area contributed by atoms with Crippen LogP contribution >= 0.6 is 0 Å². The van der Waals surface area contributed by atoms with Gasteiger partial charge in [-0.05, 0) is 68.6 Å². The number of anilines is 3. The normalized spacial score (nSPS) is 14.5. The Morgan fingerprint density at radius 3 is 2.17 bits per heavy atom. The van der Waals surface area contributed by atoms with Crippen LogP contribution in [-0.2, 0) is 22.2 Å². The second kappa shape index (κ2) is 19.8. The van der Waals surface area contributed by atoms with Gasteiger partial charge in [-0.15, -0.1) is 0 Å². The van der Waals surface area contributed by atoms with Crippen molar-refractivity contribution >= 4 is 35.9 Å². The van der Waals surface area contributed by atoms with E-state index in [2.05, 4.69) is 35.9 Å². The van der Waals surface area contributed by atoms with Gasteiger partial charge < -0.3 is 30.9 Å². The van der Waals surface area contributed by atoms with Crippen molar-refractivity contribution in [2.45, 2.75) is 57.5 Å². The summed E-state index contributed by atoms with van der Waals surface area (Å²) in [4.78, 5) is 52.2. The molecular formula is C35H43F3N10O4. The van der Waals surface area contributed by atoms with Gasteiger partial charge in [-0.3, -0.25) is 9.59 Å². The summed E-state index contributed by atoms with van der Waals surface area (Å²) in [6.07, 6.45) is 4.85. The lowest BCUT2D eigenvalue weighted by molar-refractivity contribution is -0.144. The van der Waals surface area contributed by atoms with E-state index in [9.17, 15) is 27.6 Å². The molecule has 2 saturated heterocycles. The summed E-state index contributed by atoms with van der Waals surface area (Å²) in [5.41, 5.74) is 1.77. The topological polar surface area (TPSA) is 189 Å². The Morgan fingerprint density at radius 1 is 0.962 bits per heavy atom. The molecule has 2 aliphatic rings. The van der Waals surface area contributed by atoms with Gasteiger partial charge in [-0.1, -0.05) is 12.1 Å². The van der Waals surface area contributed by atoms with Crippen molar-refractivity contribution in [1.29, 1.82) is 5.26 Å². The molecule has 4 N–H and O–H groups in total. The molecule has 52 heavy (non-hydrogen) atoms. The number of piperidine rings is 1. The van der Waals surface area contributed by atoms with E-state index in [0.717, 1.165) is 50.5 Å². The summed E-state index contributed by atoms with van der Waals surface area (Å²) in [7, 11) is 0. The standard InChI is InChI=1S/C25H33F3N8O3.C10H10N2O/c26-25(27,28)23-33-19(35-10-1-2-11-35)14-20(34-23)36-12-6-17(7-13-36)4-3-5-21(37)29-8-9-30-24-31-15-18(16-32-24)22(38)39;11-7-10-3-1-9(2-4-10)5-6-12-8-13/h14-17H,1-13H2,(H,29,37)(H,38,39)(H,30,31,32);1-4,8H,5-6H2,(H,12,13). The van der Waals surface area contributed by atoms with Crippen LogP contribution in [0.2, 0.25) is 0 Å². The van der Waals surface area contributed by atoms with Crippen molar-refractivity contribution in [2.75, 3.05) is 60.9 Å². The zero-order valence-corrected chi connectivity index (χ0v) is 28.7. The number of hydrogen-bond donors (Lipinski definition) is 4. The molecule has 2 aliphatic heterocycles. The Kier molecular flexibility index (Phi) is 14.9. The SMILES string of the molecule is N#Cc1ccc(CCNC=O)cc1.O=C(CCCC1CCN(c2cc(N3CCCC3)nc(C(F)(F)F)n2)CC1)NCCNc1ncc(C(=O)O)cn1. The van der Waals surface area contributed by atoms with Crippen LogP contribution in [-0.4, -0.2) is 89.1 Å². The first kappa shape index (κ1) is 39.3. The molecule has 2 fully saturated rings. The quantitative estimate of drug-likeness (QED) is 0.130. The fraction of sp³-hybridized carbons (Fsp3) is 0.486. The predicted octanol–water partition coefficient (Wildman–Crippen LogP) is 4.05. The molecule has 0 atom stereocenters. The van der Waals surface area contributed by atoms with Gasteiger partial charge >= 0.3 is 12.1 Å². The van der Waals surface area contributed by atoms with Crippen LogP contribution in [0.15, 0.2) is 42.7 Å². The number of carboxylic acids is 1. The summed E-state index contributed by atoms with van der Waals surface area (Å²) < 4.78 is 40.4. The average Bonchev–Trinajstić information content (AvgIpc) is 3.70. The number of rotatable bonds is 15. The van der Waals surface area contributed by atoms with Crippen molar-refractivity contribution < 1.29 is 32.7 Å². The molecule has 278 valence electrons. The lowest BCUT2D eigenvalue weighted by atomic mass is 9.91. The molecule has 0 unspecified atom stereocenters. The smallest absolute Gasteiger partial charge is 0.451 e. The number of nitrogens with zero attached hydrogens (tertiary/aromatic N) is 7. The molecule has 0 radical (unpaired) electrons. The van der Waals surface area contributed by atoms with Crippen molar-refractivity contribution in [3.8, 4) is 6.07 Å². The number of halogens is 3. The van der Waals surface area contributed by atoms with Crippen LogP contribution in [0.1, 0.15) is 72.3 Å². The largest absolute Gasteiger partial charge is 0.478 e. The van der Waals surface area contributed by atoms with Crippen molar-refractivity contribution in [2.24, 2.45) is 5.92 Å². The van der Waals surface area contributed by atoms with E-state index in [1.165, 1.54) is 12.4 Å². The molecule has 4 heterocycles. The maximum Gasteiger partial charge on any atom is 0.451 e. The monoisotopic (exact) mass is 724 g/mol. The van der Waals surface area contributed by atoms with Crippen molar-refractivity contribution in [3.63, 3.8) is 0 Å². The van der Waals surface area contributed by atoms with E-state index in [4.69, 9.17) is 10.4 Å². The number of carbonyl (C=O) groups is 3. The highest BCUT2D eigenvalue weighted by Gasteiger charge is 2.37. The number of nitrogens with one attached hydrogen (secondary N) is 3. The second-order valence-corrected chi connectivity index (χ2v) is 12.4. The van der Waals surface area contributed by atoms with Crippen LogP contribution in [0.25, 0.3) is 0 Å². The van der Waals surface area contributed by atoms with E-state index < -0.39 is 18.0 Å². The minimum atomic E-state index is -4.60. The lowest BCUT2D eigenvalue weighted by Crippen LogP contribution is -2.35. The molecule has 0 saturated carbocycles. The summed E-state index contributed by atoms with van der Waals surface area (Å²) in [6, 6.07) is 11.1. The molecule has 2 aromatic heterocycles. The molecule has 5 rings (SSSR count). The molecule has 0 bridgehead atoms. The third-order valence-corrected chi connectivity index (χ3v) is 8.69. The minimum Gasteiger partial charge on any atom is -0.478 e. The van der Waals surface area contributed by atoms with Gasteiger partial charge in [0.25, 0.3) is 0 Å². The third-order valence-electron chi connectivity index (χ3n) is 8.69. The Hall–Kier alpha value is -5.53. The number of aromatic carboxylic acids is 1. The molecule has 0 aliphatic carbocycles. The number of nitriles is 1. The number of carbonyl (C=O) groups excluding carboxylic acids is 2. The maximum absolute atomic E-state index is 13.5. The van der Waals surface area contributed by atoms with Gasteiger partial charge in [-0.2, -0.15) is 18.4 Å². The van der Waals surface area contributed by atoms with Gasteiger partial charge in [0.2, 0.25) is 24.1 Å². The molecule has 17 heteroatoms. The van der Waals surface area contributed by atoms with E-state index in [1.54, 1.807) is 18.2 Å². The highest BCUT2D eigenvalue weighted by Crippen LogP contribution is 2.33. The summed E-state index contributed by atoms with van der Waals surface area (Å²) in [5.74, 6) is -0.893. The Morgan fingerprint density at radius 2 is 1.60 bits per heavy atom. The first-order chi connectivity index (χ1) is 25.0. The van der Waals surface area contributed by atoms with Crippen molar-refractivity contribution in [3.05, 3.63) is 65.2 Å². The first-order valence-corrected chi connectivity index (χ1v) is 17.2. The maximum atomic E-state index is 13.5. The molecule has 1 aromatic carbocycles. The molecule has 3 aromatic rings. The summed E-state index contributed by atoms with van der Waals surface area (Å²) >= 11 is 0. The van der Waals surface area contributed by atoms with Crippen LogP contribution in [0.5, 0.6) is 0 Å². The summed E-state index contributed by atoms with van der Waals surface area (Å²) in [6.45, 7) is 4.05. The third kappa shape index (κ3) is 12.7. The average molecular weight is 725 g/mol. The number of aromatic nitrogens is 4. The number of carboxylic acid groups (broad SMARTS) is 1. The first-order valence-electron chi connectivity index (χ1n) is 17.2. The number of amides is 2. The number of hydrogen-bond acceptors (Lipinski definition) is 11. The highest BCUT2D eigenvalue weighted by molar-refractivity contribution is 5.86. The van der Waals surface area contributed by atoms with Gasteiger partial charge in [0.05, 0.1) is 17.2 Å². The van der Waals surface area contributed by atoms with Crippen LogP contribution in [0.3, 0.4) is 0 Å². The van der Waals surface area contributed by atoms with E-state index in [1.807, 2.05) is 28.0 Å². The lowest BCUT2D eigenvalue weighted by Gasteiger charge is -2.33.